The summed E-state index contributed by atoms with van der Waals surface area (Å²) in [6.07, 6.45) is 4.15. The molecule has 3 rings (SSSR count). The molecule has 2 nitrogen and oxygen atoms in total. The molecule has 2 aliphatic rings. The van der Waals surface area contributed by atoms with Gasteiger partial charge >= 0.3 is 0 Å². The van der Waals surface area contributed by atoms with Crippen molar-refractivity contribution in [3.63, 3.8) is 0 Å². The quantitative estimate of drug-likeness (QED) is 0.888. The van der Waals surface area contributed by atoms with Crippen molar-refractivity contribution in [2.24, 2.45) is 5.41 Å². The molecule has 1 spiro atoms. The molecule has 21 heavy (non-hydrogen) atoms. The molecule has 2 heterocycles. The van der Waals surface area contributed by atoms with Gasteiger partial charge in [-0.3, -0.25) is 4.90 Å². The van der Waals surface area contributed by atoms with E-state index in [0.717, 1.165) is 6.54 Å². The number of nitrogens with zero attached hydrogens (tertiary/aromatic N) is 1. The van der Waals surface area contributed by atoms with Crippen LogP contribution in [0.15, 0.2) is 18.2 Å². The topological polar surface area (TPSA) is 15.3 Å². The van der Waals surface area contributed by atoms with Crippen molar-refractivity contribution < 1.29 is 0 Å². The minimum absolute atomic E-state index is 0. The minimum Gasteiger partial charge on any atom is -0.317 e. The van der Waals surface area contributed by atoms with Crippen LogP contribution in [0.25, 0.3) is 0 Å². The molecule has 0 atom stereocenters. The fraction of sp³-hybridized carbons (Fsp3) is 0.647. The number of aryl methyl sites for hydroxylation is 2. The summed E-state index contributed by atoms with van der Waals surface area (Å²) >= 11 is 0. The molecule has 0 aromatic heterocycles. The maximum absolute atomic E-state index is 3.50. The zero-order chi connectivity index (χ0) is 13.3. The number of hydrogen-bond acceptors (Lipinski definition) is 2. The van der Waals surface area contributed by atoms with Crippen LogP contribution in [0.5, 0.6) is 0 Å². The van der Waals surface area contributed by atoms with Crippen molar-refractivity contribution in [2.75, 3.05) is 26.2 Å². The lowest BCUT2D eigenvalue weighted by molar-refractivity contribution is 0.194. The zero-order valence-electron chi connectivity index (χ0n) is 13.2. The van der Waals surface area contributed by atoms with Gasteiger partial charge in [0.25, 0.3) is 0 Å². The van der Waals surface area contributed by atoms with Crippen LogP contribution in [0, 0.1) is 19.3 Å². The molecule has 0 radical (unpaired) electrons. The SMILES string of the molecule is Cc1cc(C)cc(CN2CCC3(CCNCC3)C2)c1.Cl.Cl. The molecule has 0 unspecified atom stereocenters. The standard InChI is InChI=1S/C17H26N2.2ClH/c1-14-9-15(2)11-16(10-14)12-19-8-5-17(13-19)3-6-18-7-4-17;;/h9-11,18H,3-8,12-13H2,1-2H3;2*1H. The normalized spacial score (nSPS) is 20.9. The first kappa shape index (κ1) is 18.8. The first-order valence-corrected chi connectivity index (χ1v) is 7.66. The van der Waals surface area contributed by atoms with Crippen molar-refractivity contribution in [1.82, 2.24) is 10.2 Å². The van der Waals surface area contributed by atoms with Crippen molar-refractivity contribution in [3.05, 3.63) is 34.9 Å². The Kier molecular flexibility index (Phi) is 6.99. The van der Waals surface area contributed by atoms with E-state index in [1.54, 1.807) is 0 Å². The first-order chi connectivity index (χ1) is 9.15. The molecule has 4 heteroatoms. The van der Waals surface area contributed by atoms with Gasteiger partial charge in [-0.15, -0.1) is 24.8 Å². The Balaban J connectivity index is 0.00000110. The van der Waals surface area contributed by atoms with E-state index < -0.39 is 0 Å². The summed E-state index contributed by atoms with van der Waals surface area (Å²) in [5, 5.41) is 3.50. The van der Waals surface area contributed by atoms with Gasteiger partial charge in [-0.05, 0) is 63.7 Å². The maximum atomic E-state index is 3.50. The molecule has 2 fully saturated rings. The highest BCUT2D eigenvalue weighted by atomic mass is 35.5. The molecule has 0 aliphatic carbocycles. The van der Waals surface area contributed by atoms with Gasteiger partial charge in [0.1, 0.15) is 0 Å². The molecular weight excluding hydrogens is 303 g/mol. The third-order valence-corrected chi connectivity index (χ3v) is 4.87. The van der Waals surface area contributed by atoms with E-state index in [-0.39, 0.29) is 24.8 Å². The second kappa shape index (κ2) is 7.82. The van der Waals surface area contributed by atoms with Crippen molar-refractivity contribution in [3.8, 4) is 0 Å². The van der Waals surface area contributed by atoms with Gasteiger partial charge in [0, 0.05) is 13.1 Å². The van der Waals surface area contributed by atoms with Crippen molar-refractivity contribution in [1.29, 1.82) is 0 Å². The number of piperidine rings is 1. The van der Waals surface area contributed by atoms with Gasteiger partial charge in [-0.1, -0.05) is 29.3 Å². The molecule has 2 aliphatic heterocycles. The van der Waals surface area contributed by atoms with Crippen LogP contribution < -0.4 is 5.32 Å². The van der Waals surface area contributed by atoms with E-state index in [2.05, 4.69) is 42.3 Å². The van der Waals surface area contributed by atoms with Gasteiger partial charge in [0.2, 0.25) is 0 Å². The molecular formula is C17H28Cl2N2. The first-order valence-electron chi connectivity index (χ1n) is 7.66. The largest absolute Gasteiger partial charge is 0.317 e. The number of hydrogen-bond donors (Lipinski definition) is 1. The summed E-state index contributed by atoms with van der Waals surface area (Å²) in [5.74, 6) is 0. The summed E-state index contributed by atoms with van der Waals surface area (Å²) < 4.78 is 0. The lowest BCUT2D eigenvalue weighted by atomic mass is 9.78. The molecule has 1 aromatic carbocycles. The number of benzene rings is 1. The molecule has 2 saturated heterocycles. The second-order valence-electron chi connectivity index (χ2n) is 6.71. The number of nitrogens with one attached hydrogen (secondary N) is 1. The van der Waals surface area contributed by atoms with Gasteiger partial charge < -0.3 is 5.32 Å². The van der Waals surface area contributed by atoms with Crippen LogP contribution in [0.4, 0.5) is 0 Å². The van der Waals surface area contributed by atoms with E-state index >= 15 is 0 Å². The number of rotatable bonds is 2. The summed E-state index contributed by atoms with van der Waals surface area (Å²) in [5.41, 5.74) is 4.91. The van der Waals surface area contributed by atoms with Crippen molar-refractivity contribution in [2.45, 2.75) is 39.7 Å². The van der Waals surface area contributed by atoms with Gasteiger partial charge in [-0.2, -0.15) is 0 Å². The monoisotopic (exact) mass is 330 g/mol. The molecule has 1 N–H and O–H groups in total. The summed E-state index contributed by atoms with van der Waals surface area (Å²) in [7, 11) is 0. The van der Waals surface area contributed by atoms with Crippen LogP contribution in [0.1, 0.15) is 36.0 Å². The highest BCUT2D eigenvalue weighted by Gasteiger charge is 2.38. The summed E-state index contributed by atoms with van der Waals surface area (Å²) in [6, 6.07) is 6.96. The van der Waals surface area contributed by atoms with E-state index in [1.165, 1.54) is 62.1 Å². The van der Waals surface area contributed by atoms with Crippen molar-refractivity contribution >= 4 is 24.8 Å². The second-order valence-corrected chi connectivity index (χ2v) is 6.71. The van der Waals surface area contributed by atoms with E-state index in [9.17, 15) is 0 Å². The molecule has 120 valence electrons. The third-order valence-electron chi connectivity index (χ3n) is 4.87. The Hall–Kier alpha value is -0.280. The Morgan fingerprint density at radius 2 is 1.62 bits per heavy atom. The number of likely N-dealkylation sites (tertiary alicyclic amines) is 1. The molecule has 0 bridgehead atoms. The average molecular weight is 331 g/mol. The van der Waals surface area contributed by atoms with E-state index in [4.69, 9.17) is 0 Å². The fourth-order valence-electron chi connectivity index (χ4n) is 3.95. The Morgan fingerprint density at radius 3 is 2.24 bits per heavy atom. The van der Waals surface area contributed by atoms with Crippen LogP contribution in [0.3, 0.4) is 0 Å². The predicted molar refractivity (Wildman–Crippen MR) is 94.8 cm³/mol. The Labute approximate surface area is 141 Å². The average Bonchev–Trinajstić information content (AvgIpc) is 2.71. The lowest BCUT2D eigenvalue weighted by Crippen LogP contribution is -2.38. The predicted octanol–water partition coefficient (Wildman–Crippen LogP) is 3.72. The van der Waals surface area contributed by atoms with E-state index in [0.29, 0.717) is 5.41 Å². The van der Waals surface area contributed by atoms with Gasteiger partial charge in [0.15, 0.2) is 0 Å². The van der Waals surface area contributed by atoms with Crippen LogP contribution >= 0.6 is 24.8 Å². The Bertz CT molecular complexity index is 436. The van der Waals surface area contributed by atoms with Crippen LogP contribution in [-0.2, 0) is 6.54 Å². The molecule has 1 aromatic rings. The lowest BCUT2D eigenvalue weighted by Gasteiger charge is -2.34. The van der Waals surface area contributed by atoms with E-state index in [1.807, 2.05) is 0 Å². The third kappa shape index (κ3) is 4.59. The highest BCUT2D eigenvalue weighted by Crippen LogP contribution is 2.39. The van der Waals surface area contributed by atoms with Crippen LogP contribution in [-0.4, -0.2) is 31.1 Å². The Morgan fingerprint density at radius 1 is 1.00 bits per heavy atom. The number of halogens is 2. The smallest absolute Gasteiger partial charge is 0.0234 e. The summed E-state index contributed by atoms with van der Waals surface area (Å²) in [4.78, 5) is 2.67. The maximum Gasteiger partial charge on any atom is 0.0234 e. The molecule has 0 amide bonds. The van der Waals surface area contributed by atoms with Gasteiger partial charge in [-0.25, -0.2) is 0 Å². The van der Waals surface area contributed by atoms with Crippen LogP contribution in [0.2, 0.25) is 0 Å². The fourth-order valence-corrected chi connectivity index (χ4v) is 3.95. The zero-order valence-corrected chi connectivity index (χ0v) is 14.8. The minimum atomic E-state index is 0. The highest BCUT2D eigenvalue weighted by molar-refractivity contribution is 5.85. The van der Waals surface area contributed by atoms with Gasteiger partial charge in [0.05, 0.1) is 0 Å². The summed E-state index contributed by atoms with van der Waals surface area (Å²) in [6.45, 7) is 10.6. The molecule has 0 saturated carbocycles.